The lowest BCUT2D eigenvalue weighted by molar-refractivity contribution is -0.136. The van der Waals surface area contributed by atoms with Gasteiger partial charge in [-0.3, -0.25) is 28.7 Å². The van der Waals surface area contributed by atoms with Gasteiger partial charge in [-0.2, -0.15) is 8.42 Å². The van der Waals surface area contributed by atoms with Crippen LogP contribution in [0.4, 0.5) is 23.0 Å². The van der Waals surface area contributed by atoms with E-state index >= 15 is 0 Å². The van der Waals surface area contributed by atoms with Gasteiger partial charge in [-0.25, -0.2) is 9.97 Å². The van der Waals surface area contributed by atoms with Gasteiger partial charge in [0.25, 0.3) is 27.8 Å². The smallest absolute Gasteiger partial charge is 0.326 e. The first kappa shape index (κ1) is 39.2. The quantitative estimate of drug-likeness (QED) is 0.0681. The molecular weight excluding hydrogens is 783 g/mol. The molecule has 0 aliphatic carbocycles. The van der Waals surface area contributed by atoms with Gasteiger partial charge >= 0.3 is 5.97 Å². The molecule has 0 saturated heterocycles. The Morgan fingerprint density at radius 3 is 2.41 bits per heavy atom. The summed E-state index contributed by atoms with van der Waals surface area (Å²) in [6, 6.07) is 22.7. The Kier molecular flexibility index (Phi) is 12.1. The van der Waals surface area contributed by atoms with E-state index < -0.39 is 46.3 Å². The van der Waals surface area contributed by atoms with Crippen molar-refractivity contribution in [2.75, 3.05) is 29.1 Å². The zero-order valence-corrected chi connectivity index (χ0v) is 31.6. The normalized spacial score (nSPS) is 11.6. The number of carboxylic acids is 1. The molecule has 1 atom stereocenters. The molecule has 0 saturated carbocycles. The van der Waals surface area contributed by atoms with Crippen molar-refractivity contribution in [3.8, 4) is 26.8 Å². The third kappa shape index (κ3) is 10.2. The molecule has 19 heteroatoms. The van der Waals surface area contributed by atoms with Crippen LogP contribution in [-0.4, -0.2) is 75.1 Å². The molecule has 3 amide bonds. The predicted octanol–water partition coefficient (Wildman–Crippen LogP) is 5.72. The summed E-state index contributed by atoms with van der Waals surface area (Å²) in [6.45, 7) is 0.510. The summed E-state index contributed by atoms with van der Waals surface area (Å²) in [5.74, 6) is -2.77. The third-order valence-corrected chi connectivity index (χ3v) is 11.1. The van der Waals surface area contributed by atoms with Crippen LogP contribution in [0.15, 0.2) is 103 Å². The summed E-state index contributed by atoms with van der Waals surface area (Å²) in [4.78, 5) is 64.9. The summed E-state index contributed by atoms with van der Waals surface area (Å²) in [5, 5.41) is 19.7. The van der Waals surface area contributed by atoms with Crippen molar-refractivity contribution in [3.05, 3.63) is 119 Å². The van der Waals surface area contributed by atoms with E-state index in [4.69, 9.17) is 14.4 Å². The van der Waals surface area contributed by atoms with Crippen molar-refractivity contribution in [2.45, 2.75) is 12.2 Å². The number of carbonyl (C=O) groups is 4. The molecule has 286 valence electrons. The number of thiophene rings is 2. The molecule has 6 rings (SSSR count). The fourth-order valence-electron chi connectivity index (χ4n) is 5.02. The van der Waals surface area contributed by atoms with Crippen LogP contribution in [0, 0.1) is 6.92 Å². The first-order valence-electron chi connectivity index (χ1n) is 16.4. The van der Waals surface area contributed by atoms with Crippen molar-refractivity contribution >= 4 is 79.5 Å². The Labute approximate surface area is 327 Å². The van der Waals surface area contributed by atoms with Gasteiger partial charge in [-0.05, 0) is 84.6 Å². The number of anilines is 4. The van der Waals surface area contributed by atoms with E-state index in [9.17, 15) is 27.6 Å². The van der Waals surface area contributed by atoms with Crippen LogP contribution < -0.4 is 26.0 Å². The van der Waals surface area contributed by atoms with E-state index in [1.807, 2.05) is 36.6 Å². The van der Waals surface area contributed by atoms with Gasteiger partial charge in [0, 0.05) is 45.6 Å². The first-order valence-corrected chi connectivity index (χ1v) is 19.6. The van der Waals surface area contributed by atoms with E-state index in [1.165, 1.54) is 23.7 Å². The van der Waals surface area contributed by atoms with E-state index in [-0.39, 0.29) is 17.4 Å². The van der Waals surface area contributed by atoms with Gasteiger partial charge in [-0.1, -0.05) is 12.1 Å². The standard InChI is InChI=1S/C37H31N7O9S3/c1-21-4-7-24(41-34(46)23-15-25(18-38-17-23)42-35(47)31-11-10-30(55-31)29-3-2-14-54-29)16-28(21)44-37-39-13-12-27(43-37)22-5-8-26(9-6-22)53-20-33(45)40-19-32(36(48)49)56(50,51)52/h2-18,32H,19-20H2,1H3,(H,40,45)(H,41,46)(H,42,47)(H,48,49)(H,39,43,44)(H,50,51,52). The molecule has 6 N–H and O–H groups in total. The Hall–Kier alpha value is -6.54. The molecule has 0 aliphatic rings. The molecule has 16 nitrogen and oxygen atoms in total. The zero-order chi connectivity index (χ0) is 39.8. The minimum Gasteiger partial charge on any atom is -0.484 e. The number of aliphatic carboxylic acids is 1. The lowest BCUT2D eigenvalue weighted by Gasteiger charge is -2.13. The Morgan fingerprint density at radius 2 is 1.68 bits per heavy atom. The number of nitrogens with one attached hydrogen (secondary N) is 4. The van der Waals surface area contributed by atoms with Gasteiger partial charge in [0.1, 0.15) is 5.75 Å². The van der Waals surface area contributed by atoms with Crippen LogP contribution in [-0.2, 0) is 19.7 Å². The Bertz CT molecular complexity index is 2510. The second-order valence-electron chi connectivity index (χ2n) is 11.9. The summed E-state index contributed by atoms with van der Waals surface area (Å²) in [7, 11) is -4.91. The minimum absolute atomic E-state index is 0.239. The minimum atomic E-state index is -4.91. The molecule has 56 heavy (non-hydrogen) atoms. The maximum absolute atomic E-state index is 13.2. The number of hydrogen-bond acceptors (Lipinski definition) is 13. The van der Waals surface area contributed by atoms with Crippen LogP contribution in [0.5, 0.6) is 5.75 Å². The maximum Gasteiger partial charge on any atom is 0.326 e. The number of amides is 3. The molecule has 6 aromatic rings. The molecule has 4 aromatic heterocycles. The van der Waals surface area contributed by atoms with Crippen molar-refractivity contribution in [2.24, 2.45) is 0 Å². The van der Waals surface area contributed by atoms with Gasteiger partial charge in [-0.15, -0.1) is 22.7 Å². The average Bonchev–Trinajstić information content (AvgIpc) is 3.89. The van der Waals surface area contributed by atoms with Gasteiger partial charge in [0.2, 0.25) is 11.2 Å². The fraction of sp³-hybridized carbons (Fsp3) is 0.108. The summed E-state index contributed by atoms with van der Waals surface area (Å²) >= 11 is 2.97. The lowest BCUT2D eigenvalue weighted by atomic mass is 10.1. The van der Waals surface area contributed by atoms with Crippen molar-refractivity contribution in [1.29, 1.82) is 0 Å². The summed E-state index contributed by atoms with van der Waals surface area (Å²) in [6.07, 6.45) is 4.44. The van der Waals surface area contributed by atoms with E-state index in [0.717, 1.165) is 15.3 Å². The number of pyridine rings is 1. The SMILES string of the molecule is Cc1ccc(NC(=O)c2cncc(NC(=O)c3ccc(-c4cccs4)s3)c2)cc1Nc1nccc(-c2ccc(OCC(=O)NCC(C(=O)O)S(=O)(=O)O)cc2)n1. The number of rotatable bonds is 15. The number of nitrogens with zero attached hydrogens (tertiary/aromatic N) is 3. The Morgan fingerprint density at radius 1 is 0.893 bits per heavy atom. The highest BCUT2D eigenvalue weighted by molar-refractivity contribution is 7.87. The van der Waals surface area contributed by atoms with Crippen LogP contribution in [0.25, 0.3) is 21.0 Å². The second-order valence-corrected chi connectivity index (χ2v) is 15.5. The first-order chi connectivity index (χ1) is 26.8. The molecule has 0 spiro atoms. The maximum atomic E-state index is 13.2. The van der Waals surface area contributed by atoms with Gasteiger partial charge < -0.3 is 31.1 Å². The molecule has 0 bridgehead atoms. The molecule has 2 aromatic carbocycles. The van der Waals surface area contributed by atoms with Gasteiger partial charge in [0.05, 0.1) is 28.0 Å². The number of aryl methyl sites for hydroxylation is 1. The molecule has 0 fully saturated rings. The molecular formula is C37H31N7O9S3. The van der Waals surface area contributed by atoms with Crippen LogP contribution >= 0.6 is 22.7 Å². The molecule has 4 heterocycles. The second kappa shape index (κ2) is 17.3. The predicted molar refractivity (Wildman–Crippen MR) is 211 cm³/mol. The third-order valence-electron chi connectivity index (χ3n) is 7.89. The van der Waals surface area contributed by atoms with E-state index in [0.29, 0.717) is 38.9 Å². The van der Waals surface area contributed by atoms with E-state index in [2.05, 4.69) is 36.2 Å². The van der Waals surface area contributed by atoms with Crippen molar-refractivity contribution < 1.29 is 42.0 Å². The van der Waals surface area contributed by atoms with Crippen molar-refractivity contribution in [3.63, 3.8) is 0 Å². The number of benzene rings is 2. The highest BCUT2D eigenvalue weighted by Crippen LogP contribution is 2.32. The average molecular weight is 814 g/mol. The van der Waals surface area contributed by atoms with Crippen LogP contribution in [0.1, 0.15) is 25.6 Å². The number of aromatic nitrogens is 3. The van der Waals surface area contributed by atoms with E-state index in [1.54, 1.807) is 72.1 Å². The van der Waals surface area contributed by atoms with Gasteiger partial charge in [0.15, 0.2) is 6.61 Å². The number of hydrogen-bond donors (Lipinski definition) is 6. The monoisotopic (exact) mass is 813 g/mol. The highest BCUT2D eigenvalue weighted by atomic mass is 32.2. The topological polar surface area (TPSA) is 239 Å². The number of ether oxygens (including phenoxy) is 1. The summed E-state index contributed by atoms with van der Waals surface area (Å²) < 4.78 is 36.8. The number of carbonyl (C=O) groups excluding carboxylic acids is 3. The fourth-order valence-corrected chi connectivity index (χ4v) is 7.31. The Balaban J connectivity index is 1.04. The zero-order valence-electron chi connectivity index (χ0n) is 29.1. The van der Waals surface area contributed by atoms with Crippen molar-refractivity contribution in [1.82, 2.24) is 20.3 Å². The summed E-state index contributed by atoms with van der Waals surface area (Å²) in [5.41, 5.74) is 3.82. The van der Waals surface area contributed by atoms with Crippen LogP contribution in [0.3, 0.4) is 0 Å². The molecule has 1 unspecified atom stereocenters. The van der Waals surface area contributed by atoms with Crippen LogP contribution in [0.2, 0.25) is 0 Å². The molecule has 0 aliphatic heterocycles. The highest BCUT2D eigenvalue weighted by Gasteiger charge is 2.31. The lowest BCUT2D eigenvalue weighted by Crippen LogP contribution is -2.42. The largest absolute Gasteiger partial charge is 0.484 e. The number of carboxylic acid groups (broad SMARTS) is 1. The molecule has 0 radical (unpaired) electrons.